The van der Waals surface area contributed by atoms with Crippen LogP contribution in [-0.4, -0.2) is 77.2 Å². The number of rotatable bonds is 8. The van der Waals surface area contributed by atoms with Crippen LogP contribution in [0.15, 0.2) is 9.59 Å². The summed E-state index contributed by atoms with van der Waals surface area (Å²) in [6.45, 7) is 10.2. The summed E-state index contributed by atoms with van der Waals surface area (Å²) >= 11 is 2.68. The number of fused-ring (bicyclic) bond motifs is 1. The number of nitrogens with zero attached hydrogens (tertiary/aromatic N) is 5. The molecule has 36 heavy (non-hydrogen) atoms. The minimum absolute atomic E-state index is 0.143. The molecule has 0 bridgehead atoms. The molecule has 2 aliphatic rings. The minimum atomic E-state index is -3.66. The molecule has 3 aromatic rings. The van der Waals surface area contributed by atoms with Gasteiger partial charge in [-0.25, -0.2) is 23.4 Å². The van der Waals surface area contributed by atoms with E-state index in [4.69, 9.17) is 9.97 Å². The minimum Gasteiger partial charge on any atom is -0.365 e. The van der Waals surface area contributed by atoms with Crippen LogP contribution in [0.1, 0.15) is 49.7 Å². The lowest BCUT2D eigenvalue weighted by Crippen LogP contribution is -2.50. The summed E-state index contributed by atoms with van der Waals surface area (Å²) < 4.78 is 29.3. The maximum absolute atomic E-state index is 13.2. The quantitative estimate of drug-likeness (QED) is 0.439. The lowest BCUT2D eigenvalue weighted by Gasteiger charge is -2.35. The molecule has 13 heteroatoms. The monoisotopic (exact) mass is 549 g/mol. The molecule has 3 aromatic heterocycles. The highest BCUT2D eigenvalue weighted by molar-refractivity contribution is 7.91. The van der Waals surface area contributed by atoms with Gasteiger partial charge in [-0.2, -0.15) is 4.31 Å². The van der Waals surface area contributed by atoms with Gasteiger partial charge >= 0.3 is 0 Å². The number of anilines is 2. The molecule has 1 aliphatic carbocycles. The van der Waals surface area contributed by atoms with E-state index < -0.39 is 10.0 Å². The van der Waals surface area contributed by atoms with Gasteiger partial charge in [-0.05, 0) is 44.6 Å². The predicted molar refractivity (Wildman–Crippen MR) is 144 cm³/mol. The van der Waals surface area contributed by atoms with Gasteiger partial charge < -0.3 is 10.6 Å². The zero-order valence-corrected chi connectivity index (χ0v) is 23.3. The molecule has 1 saturated heterocycles. The molecule has 194 valence electrons. The van der Waals surface area contributed by atoms with Crippen molar-refractivity contribution >= 4 is 59.8 Å². The zero-order chi connectivity index (χ0) is 25.6. The second kappa shape index (κ2) is 9.93. The van der Waals surface area contributed by atoms with Crippen molar-refractivity contribution in [2.45, 2.75) is 56.7 Å². The zero-order valence-electron chi connectivity index (χ0n) is 20.9. The van der Waals surface area contributed by atoms with E-state index >= 15 is 0 Å². The summed E-state index contributed by atoms with van der Waals surface area (Å²) in [5.74, 6) is 2.06. The molecule has 1 aliphatic heterocycles. The number of sulfonamides is 1. The first-order valence-corrected chi connectivity index (χ1v) is 15.2. The average molecular weight is 550 g/mol. The van der Waals surface area contributed by atoms with E-state index in [0.29, 0.717) is 42.9 Å². The number of hydrogen-bond acceptors (Lipinski definition) is 10. The van der Waals surface area contributed by atoms with E-state index in [1.54, 1.807) is 18.3 Å². The number of amides is 1. The van der Waals surface area contributed by atoms with Crippen molar-refractivity contribution in [3.8, 4) is 0 Å². The molecule has 2 fully saturated rings. The number of carbonyl (C=O) groups excluding carboxylic acids is 1. The van der Waals surface area contributed by atoms with Gasteiger partial charge in [0, 0.05) is 51.6 Å². The normalized spacial score (nSPS) is 18.4. The first kappa shape index (κ1) is 25.5. The van der Waals surface area contributed by atoms with Crippen LogP contribution in [-0.2, 0) is 14.8 Å². The second-order valence-electron chi connectivity index (χ2n) is 9.62. The highest BCUT2D eigenvalue weighted by atomic mass is 32.2. The van der Waals surface area contributed by atoms with E-state index in [1.165, 1.54) is 16.8 Å². The topological polar surface area (TPSA) is 120 Å². The van der Waals surface area contributed by atoms with Gasteiger partial charge in [-0.15, -0.1) is 11.3 Å². The van der Waals surface area contributed by atoms with Gasteiger partial charge in [0.15, 0.2) is 9.34 Å². The Bertz CT molecular complexity index is 1390. The van der Waals surface area contributed by atoms with Gasteiger partial charge in [-0.1, -0.05) is 11.3 Å². The third-order valence-electron chi connectivity index (χ3n) is 6.41. The molecular weight excluding hydrogens is 519 g/mol. The molecule has 4 heterocycles. The standard InChI is InChI=1S/C23H31N7O3S3/c1-13-12-34-19-18(13)27-20(17-5-6-17)28-21(19)24-14(2)11-29-7-9-30(10-8-29)36(32,33)22-15(3)25-23(35-22)26-16(4)31/h12,14,17H,5-11H2,1-4H3,(H,24,27,28)(H,25,26,31). The van der Waals surface area contributed by atoms with Gasteiger partial charge in [0.1, 0.15) is 11.6 Å². The van der Waals surface area contributed by atoms with Crippen LogP contribution in [0.2, 0.25) is 0 Å². The van der Waals surface area contributed by atoms with Crippen LogP contribution >= 0.6 is 22.7 Å². The van der Waals surface area contributed by atoms with E-state index in [2.05, 4.69) is 39.7 Å². The number of hydrogen-bond donors (Lipinski definition) is 2. The highest BCUT2D eigenvalue weighted by Gasteiger charge is 2.33. The molecule has 1 saturated carbocycles. The average Bonchev–Trinajstić information content (AvgIpc) is 3.51. The van der Waals surface area contributed by atoms with Crippen molar-refractivity contribution in [2.75, 3.05) is 43.4 Å². The molecule has 0 aromatic carbocycles. The molecule has 0 spiro atoms. The first-order chi connectivity index (χ1) is 17.1. The molecular formula is C23H31N7O3S3. The fourth-order valence-electron chi connectivity index (χ4n) is 4.43. The molecule has 2 N–H and O–H groups in total. The Balaban J connectivity index is 1.21. The summed E-state index contributed by atoms with van der Waals surface area (Å²) in [5, 5.41) is 8.62. The SMILES string of the molecule is CC(=O)Nc1nc(C)c(S(=O)(=O)N2CCN(CC(C)Nc3nc(C4CC4)nc4c(C)csc34)CC2)s1. The summed E-state index contributed by atoms with van der Waals surface area (Å²) in [5.41, 5.74) is 2.65. The molecule has 1 amide bonds. The summed E-state index contributed by atoms with van der Waals surface area (Å²) in [6, 6.07) is 0.143. The third kappa shape index (κ3) is 5.25. The largest absolute Gasteiger partial charge is 0.365 e. The number of thiophene rings is 1. The van der Waals surface area contributed by atoms with Crippen molar-refractivity contribution in [3.05, 3.63) is 22.5 Å². The molecule has 0 radical (unpaired) electrons. The summed E-state index contributed by atoms with van der Waals surface area (Å²) in [6.07, 6.45) is 2.32. The predicted octanol–water partition coefficient (Wildman–Crippen LogP) is 3.41. The fraction of sp³-hybridized carbons (Fsp3) is 0.565. The van der Waals surface area contributed by atoms with Crippen LogP contribution in [0.5, 0.6) is 0 Å². The first-order valence-electron chi connectivity index (χ1n) is 12.1. The van der Waals surface area contributed by atoms with E-state index in [-0.39, 0.29) is 16.2 Å². The van der Waals surface area contributed by atoms with Gasteiger partial charge in [-0.3, -0.25) is 9.69 Å². The Morgan fingerprint density at radius 1 is 1.17 bits per heavy atom. The van der Waals surface area contributed by atoms with E-state index in [0.717, 1.165) is 52.6 Å². The van der Waals surface area contributed by atoms with Crippen LogP contribution in [0.3, 0.4) is 0 Å². The molecule has 10 nitrogen and oxygen atoms in total. The summed E-state index contributed by atoms with van der Waals surface area (Å²) in [4.78, 5) is 27.5. The number of carbonyl (C=O) groups is 1. The van der Waals surface area contributed by atoms with Crippen LogP contribution in [0.4, 0.5) is 10.9 Å². The fourth-order valence-corrected chi connectivity index (χ4v) is 8.39. The van der Waals surface area contributed by atoms with Gasteiger partial charge in [0.25, 0.3) is 10.0 Å². The number of thiazole rings is 1. The van der Waals surface area contributed by atoms with Crippen molar-refractivity contribution in [1.82, 2.24) is 24.2 Å². The van der Waals surface area contributed by atoms with Crippen LogP contribution in [0, 0.1) is 13.8 Å². The van der Waals surface area contributed by atoms with E-state index in [1.807, 2.05) is 0 Å². The van der Waals surface area contributed by atoms with Crippen molar-refractivity contribution in [1.29, 1.82) is 0 Å². The van der Waals surface area contributed by atoms with Gasteiger partial charge in [0.05, 0.1) is 15.9 Å². The second-order valence-corrected chi connectivity index (χ2v) is 13.6. The Morgan fingerprint density at radius 3 is 2.56 bits per heavy atom. The molecule has 5 rings (SSSR count). The highest BCUT2D eigenvalue weighted by Crippen LogP contribution is 2.40. The van der Waals surface area contributed by atoms with Crippen molar-refractivity contribution < 1.29 is 13.2 Å². The number of aryl methyl sites for hydroxylation is 2. The lowest BCUT2D eigenvalue weighted by molar-refractivity contribution is -0.114. The van der Waals surface area contributed by atoms with Crippen LogP contribution < -0.4 is 10.6 Å². The maximum atomic E-state index is 13.2. The molecule has 1 atom stereocenters. The Morgan fingerprint density at radius 2 is 1.89 bits per heavy atom. The smallest absolute Gasteiger partial charge is 0.254 e. The van der Waals surface area contributed by atoms with Crippen molar-refractivity contribution in [2.24, 2.45) is 0 Å². The van der Waals surface area contributed by atoms with Crippen LogP contribution in [0.25, 0.3) is 10.2 Å². The Hall–Kier alpha value is -2.19. The number of aromatic nitrogens is 3. The number of nitrogens with one attached hydrogen (secondary N) is 2. The number of piperazine rings is 1. The lowest BCUT2D eigenvalue weighted by atomic mass is 10.2. The Labute approximate surface area is 219 Å². The van der Waals surface area contributed by atoms with Crippen molar-refractivity contribution in [3.63, 3.8) is 0 Å². The summed E-state index contributed by atoms with van der Waals surface area (Å²) in [7, 11) is -3.66. The van der Waals surface area contributed by atoms with Gasteiger partial charge in [0.2, 0.25) is 5.91 Å². The molecule has 1 unspecified atom stereocenters. The Kier molecular flexibility index (Phi) is 7.03. The third-order valence-corrected chi connectivity index (χ3v) is 11.1. The van der Waals surface area contributed by atoms with E-state index in [9.17, 15) is 13.2 Å². The maximum Gasteiger partial charge on any atom is 0.254 e.